The van der Waals surface area contributed by atoms with Gasteiger partial charge in [0.05, 0.1) is 11.6 Å². The van der Waals surface area contributed by atoms with Crippen molar-refractivity contribution in [1.29, 1.82) is 5.26 Å². The van der Waals surface area contributed by atoms with Crippen molar-refractivity contribution in [3.8, 4) is 17.7 Å². The second-order valence-electron chi connectivity index (χ2n) is 5.34. The molecule has 0 atom stereocenters. The van der Waals surface area contributed by atoms with Gasteiger partial charge in [-0.25, -0.2) is 9.37 Å². The van der Waals surface area contributed by atoms with Crippen molar-refractivity contribution in [2.75, 3.05) is 13.1 Å². The van der Waals surface area contributed by atoms with Gasteiger partial charge >= 0.3 is 0 Å². The van der Waals surface area contributed by atoms with E-state index in [4.69, 9.17) is 10.00 Å². The van der Waals surface area contributed by atoms with Crippen molar-refractivity contribution in [2.24, 2.45) is 0 Å². The maximum atomic E-state index is 14.2. The van der Waals surface area contributed by atoms with Crippen molar-refractivity contribution >= 4 is 0 Å². The fourth-order valence-electron chi connectivity index (χ4n) is 2.57. The molecular formula is C17H16FN3O. The Balaban J connectivity index is 1.72. The molecule has 2 heterocycles. The van der Waals surface area contributed by atoms with E-state index >= 15 is 0 Å². The summed E-state index contributed by atoms with van der Waals surface area (Å²) in [6, 6.07) is 10.0. The number of likely N-dealkylation sites (tertiary alicyclic amines) is 1. The summed E-state index contributed by atoms with van der Waals surface area (Å²) in [5.74, 6) is -0.0844. The van der Waals surface area contributed by atoms with Crippen LogP contribution in [0.15, 0.2) is 36.5 Å². The van der Waals surface area contributed by atoms with E-state index in [0.29, 0.717) is 5.56 Å². The summed E-state index contributed by atoms with van der Waals surface area (Å²) >= 11 is 0. The number of pyridine rings is 1. The topological polar surface area (TPSA) is 49.1 Å². The summed E-state index contributed by atoms with van der Waals surface area (Å²) in [6.07, 6.45) is 3.89. The molecule has 1 aromatic carbocycles. The smallest absolute Gasteiger partial charge is 0.220 e. The number of hydrogen-bond donors (Lipinski definition) is 0. The zero-order valence-corrected chi connectivity index (χ0v) is 12.1. The lowest BCUT2D eigenvalue weighted by Gasteiger charge is -2.15. The van der Waals surface area contributed by atoms with E-state index in [9.17, 15) is 4.39 Å². The Morgan fingerprint density at radius 2 is 2.05 bits per heavy atom. The Hall–Kier alpha value is -2.45. The first-order chi connectivity index (χ1) is 10.7. The SMILES string of the molecule is N#Cc1ccnc(Oc2ccc(CN3CCCC3)cc2F)c1. The highest BCUT2D eigenvalue weighted by Gasteiger charge is 2.13. The van der Waals surface area contributed by atoms with Crippen molar-refractivity contribution in [3.63, 3.8) is 0 Å². The standard InChI is InChI=1S/C17H16FN3O/c18-15-9-14(12-21-7-1-2-8-21)3-4-16(15)22-17-10-13(11-19)5-6-20-17/h3-6,9-10H,1-2,7-8,12H2. The number of rotatable bonds is 4. The lowest BCUT2D eigenvalue weighted by molar-refractivity contribution is 0.330. The highest BCUT2D eigenvalue weighted by atomic mass is 19.1. The molecular weight excluding hydrogens is 281 g/mol. The van der Waals surface area contributed by atoms with Gasteiger partial charge in [0.25, 0.3) is 0 Å². The molecule has 5 heteroatoms. The maximum absolute atomic E-state index is 14.2. The number of hydrogen-bond acceptors (Lipinski definition) is 4. The van der Waals surface area contributed by atoms with Gasteiger partial charge in [-0.05, 0) is 49.7 Å². The normalized spacial score (nSPS) is 14.7. The molecule has 1 aliphatic rings. The third kappa shape index (κ3) is 3.41. The lowest BCUT2D eigenvalue weighted by atomic mass is 10.2. The number of halogens is 1. The van der Waals surface area contributed by atoms with Crippen LogP contribution in [0.25, 0.3) is 0 Å². The molecule has 0 aliphatic carbocycles. The third-order valence-electron chi connectivity index (χ3n) is 3.68. The molecule has 1 saturated heterocycles. The van der Waals surface area contributed by atoms with Crippen LogP contribution in [0.3, 0.4) is 0 Å². The molecule has 0 radical (unpaired) electrons. The minimum absolute atomic E-state index is 0.118. The Labute approximate surface area is 128 Å². The summed E-state index contributed by atoms with van der Waals surface area (Å²) in [5.41, 5.74) is 1.36. The average molecular weight is 297 g/mol. The van der Waals surface area contributed by atoms with Crippen LogP contribution in [0.1, 0.15) is 24.0 Å². The van der Waals surface area contributed by atoms with Crippen LogP contribution in [0.5, 0.6) is 11.6 Å². The molecule has 4 nitrogen and oxygen atoms in total. The lowest BCUT2D eigenvalue weighted by Crippen LogP contribution is -2.18. The number of nitrogens with zero attached hydrogens (tertiary/aromatic N) is 3. The Morgan fingerprint density at radius 3 is 2.77 bits per heavy atom. The first-order valence-corrected chi connectivity index (χ1v) is 7.29. The average Bonchev–Trinajstić information content (AvgIpc) is 3.03. The molecule has 0 bridgehead atoms. The van der Waals surface area contributed by atoms with Gasteiger partial charge in [0.15, 0.2) is 11.6 Å². The van der Waals surface area contributed by atoms with Crippen LogP contribution < -0.4 is 4.74 Å². The Kier molecular flexibility index (Phi) is 4.31. The van der Waals surface area contributed by atoms with Gasteiger partial charge in [0.1, 0.15) is 0 Å². The van der Waals surface area contributed by atoms with Crippen molar-refractivity contribution in [1.82, 2.24) is 9.88 Å². The molecule has 2 aromatic rings. The fraction of sp³-hybridized carbons (Fsp3) is 0.294. The van der Waals surface area contributed by atoms with Gasteiger partial charge in [-0.1, -0.05) is 6.07 Å². The van der Waals surface area contributed by atoms with E-state index in [1.165, 1.54) is 31.2 Å². The molecule has 0 amide bonds. The van der Waals surface area contributed by atoms with E-state index in [2.05, 4.69) is 9.88 Å². The van der Waals surface area contributed by atoms with Crippen LogP contribution in [0.4, 0.5) is 4.39 Å². The molecule has 1 aromatic heterocycles. The van der Waals surface area contributed by atoms with E-state index in [1.54, 1.807) is 12.1 Å². The van der Waals surface area contributed by atoms with E-state index < -0.39 is 5.82 Å². The predicted octanol–water partition coefficient (Wildman–Crippen LogP) is 3.48. The van der Waals surface area contributed by atoms with E-state index in [0.717, 1.165) is 25.2 Å². The quantitative estimate of drug-likeness (QED) is 0.867. The molecule has 1 fully saturated rings. The maximum Gasteiger partial charge on any atom is 0.220 e. The monoisotopic (exact) mass is 297 g/mol. The number of benzene rings is 1. The summed E-state index contributed by atoms with van der Waals surface area (Å²) in [4.78, 5) is 6.29. The minimum Gasteiger partial charge on any atom is -0.436 e. The van der Waals surface area contributed by atoms with Crippen molar-refractivity contribution in [3.05, 3.63) is 53.5 Å². The van der Waals surface area contributed by atoms with E-state index in [1.807, 2.05) is 12.1 Å². The van der Waals surface area contributed by atoms with Crippen molar-refractivity contribution < 1.29 is 9.13 Å². The van der Waals surface area contributed by atoms with Gasteiger partial charge in [0.2, 0.25) is 5.88 Å². The van der Waals surface area contributed by atoms with Gasteiger partial charge in [-0.3, -0.25) is 4.90 Å². The van der Waals surface area contributed by atoms with Gasteiger partial charge in [0, 0.05) is 18.8 Å². The van der Waals surface area contributed by atoms with Gasteiger partial charge < -0.3 is 4.74 Å². The zero-order chi connectivity index (χ0) is 15.4. The molecule has 112 valence electrons. The molecule has 0 unspecified atom stereocenters. The van der Waals surface area contributed by atoms with Gasteiger partial charge in [-0.2, -0.15) is 5.26 Å². The summed E-state index contributed by atoms with van der Waals surface area (Å²) in [6.45, 7) is 2.91. The number of nitriles is 1. The Morgan fingerprint density at radius 1 is 1.23 bits per heavy atom. The Bertz CT molecular complexity index is 705. The second kappa shape index (κ2) is 6.54. The molecule has 0 saturated carbocycles. The van der Waals surface area contributed by atoms with E-state index in [-0.39, 0.29) is 11.6 Å². The number of aromatic nitrogens is 1. The van der Waals surface area contributed by atoms with Crippen LogP contribution in [0, 0.1) is 17.1 Å². The first-order valence-electron chi connectivity index (χ1n) is 7.29. The number of ether oxygens (including phenoxy) is 1. The largest absolute Gasteiger partial charge is 0.436 e. The van der Waals surface area contributed by atoms with Crippen LogP contribution in [0.2, 0.25) is 0 Å². The molecule has 22 heavy (non-hydrogen) atoms. The summed E-state index contributed by atoms with van der Waals surface area (Å²) < 4.78 is 19.6. The van der Waals surface area contributed by atoms with Crippen LogP contribution in [-0.4, -0.2) is 23.0 Å². The highest BCUT2D eigenvalue weighted by Crippen LogP contribution is 2.25. The summed E-state index contributed by atoms with van der Waals surface area (Å²) in [5, 5.41) is 8.84. The second-order valence-corrected chi connectivity index (χ2v) is 5.34. The molecule has 1 aliphatic heterocycles. The third-order valence-corrected chi connectivity index (χ3v) is 3.68. The predicted molar refractivity (Wildman–Crippen MR) is 79.9 cm³/mol. The zero-order valence-electron chi connectivity index (χ0n) is 12.1. The van der Waals surface area contributed by atoms with Crippen LogP contribution in [-0.2, 0) is 6.54 Å². The fourth-order valence-corrected chi connectivity index (χ4v) is 2.57. The molecule has 0 spiro atoms. The molecule has 3 rings (SSSR count). The van der Waals surface area contributed by atoms with Gasteiger partial charge in [-0.15, -0.1) is 0 Å². The first kappa shape index (κ1) is 14.5. The minimum atomic E-state index is -0.416. The summed E-state index contributed by atoms with van der Waals surface area (Å²) in [7, 11) is 0. The van der Waals surface area contributed by atoms with Crippen molar-refractivity contribution in [2.45, 2.75) is 19.4 Å². The highest BCUT2D eigenvalue weighted by molar-refractivity contribution is 5.36. The van der Waals surface area contributed by atoms with Crippen LogP contribution >= 0.6 is 0 Å². The molecule has 0 N–H and O–H groups in total.